The number of amides is 1. The number of nitrogens with one attached hydrogen (secondary N) is 2. The first-order valence-corrected chi connectivity index (χ1v) is 7.53. The van der Waals surface area contributed by atoms with Crippen molar-refractivity contribution in [2.75, 3.05) is 6.54 Å². The largest absolute Gasteiger partial charge is 0.393 e. The lowest BCUT2D eigenvalue weighted by Gasteiger charge is -2.09. The molecular formula is C15H20N4O3. The monoisotopic (exact) mass is 304 g/mol. The highest BCUT2D eigenvalue weighted by atomic mass is 16.3. The smallest absolute Gasteiger partial charge is 0.274 e. The molecule has 2 aromatic rings. The first kappa shape index (κ1) is 14.8. The van der Waals surface area contributed by atoms with Gasteiger partial charge in [0.2, 0.25) is 0 Å². The molecule has 1 atom stereocenters. The molecule has 1 aliphatic rings. The quantitative estimate of drug-likeness (QED) is 0.754. The van der Waals surface area contributed by atoms with Crippen molar-refractivity contribution in [3.8, 4) is 0 Å². The van der Waals surface area contributed by atoms with Crippen LogP contribution >= 0.6 is 0 Å². The van der Waals surface area contributed by atoms with Crippen LogP contribution in [0.3, 0.4) is 0 Å². The van der Waals surface area contributed by atoms with E-state index in [1.54, 1.807) is 24.7 Å². The van der Waals surface area contributed by atoms with Gasteiger partial charge in [-0.15, -0.1) is 0 Å². The standard InChI is InChI=1S/C15H20N4O3/c1-8(20)5-6-16-14(21)10-7-11(9-3-4-9)17-13-12(10)15(22)18-19(13)2/h7-9,20H,3-6H2,1-2H3,(H,16,21)(H,18,22). The van der Waals surface area contributed by atoms with E-state index in [1.165, 1.54) is 0 Å². The van der Waals surface area contributed by atoms with Crippen molar-refractivity contribution >= 4 is 16.9 Å². The van der Waals surface area contributed by atoms with Gasteiger partial charge in [-0.05, 0) is 32.3 Å². The number of aryl methyl sites for hydroxylation is 1. The molecule has 0 spiro atoms. The van der Waals surface area contributed by atoms with Crippen LogP contribution in [-0.4, -0.2) is 38.4 Å². The van der Waals surface area contributed by atoms with Gasteiger partial charge in [-0.25, -0.2) is 4.98 Å². The molecular weight excluding hydrogens is 284 g/mol. The van der Waals surface area contributed by atoms with Crippen LogP contribution < -0.4 is 10.9 Å². The third-order valence-electron chi connectivity index (χ3n) is 3.92. The zero-order chi connectivity index (χ0) is 15.9. The summed E-state index contributed by atoms with van der Waals surface area (Å²) in [5, 5.41) is 15.0. The highest BCUT2D eigenvalue weighted by molar-refractivity contribution is 6.05. The van der Waals surface area contributed by atoms with Gasteiger partial charge in [-0.2, -0.15) is 0 Å². The van der Waals surface area contributed by atoms with Crippen LogP contribution in [0.2, 0.25) is 0 Å². The Labute approximate surface area is 127 Å². The van der Waals surface area contributed by atoms with Crippen LogP contribution in [0, 0.1) is 0 Å². The minimum Gasteiger partial charge on any atom is -0.393 e. The molecule has 2 aromatic heterocycles. The fourth-order valence-corrected chi connectivity index (χ4v) is 2.54. The van der Waals surface area contributed by atoms with Crippen molar-refractivity contribution in [3.05, 3.63) is 27.7 Å². The number of aliphatic hydroxyl groups excluding tert-OH is 1. The molecule has 3 rings (SSSR count). The maximum atomic E-state index is 12.4. The summed E-state index contributed by atoms with van der Waals surface area (Å²) in [5.41, 5.74) is 1.42. The lowest BCUT2D eigenvalue weighted by molar-refractivity contribution is 0.0947. The molecule has 3 N–H and O–H groups in total. The normalized spacial score (nSPS) is 16.0. The van der Waals surface area contributed by atoms with E-state index in [-0.39, 0.29) is 11.5 Å². The molecule has 1 saturated carbocycles. The first-order chi connectivity index (χ1) is 10.5. The number of aromatic amines is 1. The molecule has 22 heavy (non-hydrogen) atoms. The topological polar surface area (TPSA) is 100 Å². The van der Waals surface area contributed by atoms with Crippen molar-refractivity contribution in [2.24, 2.45) is 7.05 Å². The number of H-pyrrole nitrogens is 1. The molecule has 0 saturated heterocycles. The molecule has 118 valence electrons. The fraction of sp³-hybridized carbons (Fsp3) is 0.533. The van der Waals surface area contributed by atoms with E-state index in [9.17, 15) is 14.7 Å². The van der Waals surface area contributed by atoms with Crippen molar-refractivity contribution in [2.45, 2.75) is 38.2 Å². The molecule has 1 unspecified atom stereocenters. The number of hydrogen-bond donors (Lipinski definition) is 3. The Morgan fingerprint density at radius 2 is 2.32 bits per heavy atom. The fourth-order valence-electron chi connectivity index (χ4n) is 2.54. The van der Waals surface area contributed by atoms with E-state index in [0.717, 1.165) is 18.5 Å². The van der Waals surface area contributed by atoms with Crippen molar-refractivity contribution in [1.29, 1.82) is 0 Å². The molecule has 1 fully saturated rings. The lowest BCUT2D eigenvalue weighted by atomic mass is 10.1. The number of aliphatic hydroxyl groups is 1. The van der Waals surface area contributed by atoms with E-state index in [0.29, 0.717) is 35.5 Å². The van der Waals surface area contributed by atoms with Crippen molar-refractivity contribution in [3.63, 3.8) is 0 Å². The summed E-state index contributed by atoms with van der Waals surface area (Å²) >= 11 is 0. The summed E-state index contributed by atoms with van der Waals surface area (Å²) in [5.74, 6) is 0.0880. The summed E-state index contributed by atoms with van der Waals surface area (Å²) in [6.07, 6.45) is 2.14. The van der Waals surface area contributed by atoms with Gasteiger partial charge >= 0.3 is 0 Å². The Balaban J connectivity index is 1.99. The van der Waals surface area contributed by atoms with Gasteiger partial charge in [0.1, 0.15) is 0 Å². The third-order valence-corrected chi connectivity index (χ3v) is 3.92. The molecule has 0 bridgehead atoms. The zero-order valence-electron chi connectivity index (χ0n) is 12.7. The third kappa shape index (κ3) is 2.76. The summed E-state index contributed by atoms with van der Waals surface area (Å²) in [7, 11) is 1.71. The number of fused-ring (bicyclic) bond motifs is 1. The highest BCUT2D eigenvalue weighted by Gasteiger charge is 2.28. The molecule has 1 amide bonds. The van der Waals surface area contributed by atoms with E-state index in [2.05, 4.69) is 15.4 Å². The van der Waals surface area contributed by atoms with Gasteiger partial charge in [-0.3, -0.25) is 19.4 Å². The molecule has 0 radical (unpaired) electrons. The zero-order valence-corrected chi connectivity index (χ0v) is 12.7. The predicted molar refractivity (Wildman–Crippen MR) is 81.9 cm³/mol. The van der Waals surface area contributed by atoms with E-state index >= 15 is 0 Å². The van der Waals surface area contributed by atoms with Crippen LogP contribution in [0.4, 0.5) is 0 Å². The molecule has 7 nitrogen and oxygen atoms in total. The Morgan fingerprint density at radius 3 is 2.95 bits per heavy atom. The number of hydrogen-bond acceptors (Lipinski definition) is 4. The lowest BCUT2D eigenvalue weighted by Crippen LogP contribution is -2.27. The molecule has 2 heterocycles. The van der Waals surface area contributed by atoms with Gasteiger partial charge in [0.05, 0.1) is 17.1 Å². The van der Waals surface area contributed by atoms with E-state index < -0.39 is 6.10 Å². The SMILES string of the molecule is CC(O)CCNC(=O)c1cc(C2CC2)nc2c1c(=O)[nH]n2C. The van der Waals surface area contributed by atoms with Crippen LogP contribution in [0.15, 0.2) is 10.9 Å². The summed E-state index contributed by atoms with van der Waals surface area (Å²) in [6.45, 7) is 2.04. The van der Waals surface area contributed by atoms with Crippen molar-refractivity contribution < 1.29 is 9.90 Å². The second-order valence-corrected chi connectivity index (χ2v) is 5.96. The number of nitrogens with zero attached hydrogens (tertiary/aromatic N) is 2. The second kappa shape index (κ2) is 5.57. The van der Waals surface area contributed by atoms with Gasteiger partial charge in [0.25, 0.3) is 11.5 Å². The number of pyridine rings is 1. The number of carbonyl (C=O) groups excluding carboxylic acids is 1. The summed E-state index contributed by atoms with van der Waals surface area (Å²) in [6, 6.07) is 1.73. The van der Waals surface area contributed by atoms with E-state index in [1.807, 2.05) is 0 Å². The van der Waals surface area contributed by atoms with Gasteiger partial charge in [-0.1, -0.05) is 0 Å². The van der Waals surface area contributed by atoms with E-state index in [4.69, 9.17) is 0 Å². The molecule has 1 aliphatic carbocycles. The minimum atomic E-state index is -0.472. The van der Waals surface area contributed by atoms with Crippen LogP contribution in [0.25, 0.3) is 11.0 Å². The van der Waals surface area contributed by atoms with Crippen LogP contribution in [0.5, 0.6) is 0 Å². The summed E-state index contributed by atoms with van der Waals surface area (Å²) in [4.78, 5) is 29.0. The second-order valence-electron chi connectivity index (χ2n) is 5.96. The van der Waals surface area contributed by atoms with Gasteiger partial charge < -0.3 is 10.4 Å². The Kier molecular flexibility index (Phi) is 3.74. The average Bonchev–Trinajstić information content (AvgIpc) is 3.25. The minimum absolute atomic E-state index is 0.299. The Bertz CT molecular complexity index is 771. The number of aromatic nitrogens is 3. The maximum absolute atomic E-state index is 12.4. The number of rotatable bonds is 5. The van der Waals surface area contributed by atoms with Crippen molar-refractivity contribution in [1.82, 2.24) is 20.1 Å². The Morgan fingerprint density at radius 1 is 1.59 bits per heavy atom. The predicted octanol–water partition coefficient (Wildman–Crippen LogP) is 0.640. The van der Waals surface area contributed by atoms with Crippen LogP contribution in [0.1, 0.15) is 48.2 Å². The summed E-state index contributed by atoms with van der Waals surface area (Å²) < 4.78 is 1.55. The molecule has 7 heteroatoms. The average molecular weight is 304 g/mol. The highest BCUT2D eigenvalue weighted by Crippen LogP contribution is 2.39. The molecule has 0 aromatic carbocycles. The first-order valence-electron chi connectivity index (χ1n) is 7.53. The van der Waals surface area contributed by atoms with Gasteiger partial charge in [0.15, 0.2) is 5.65 Å². The van der Waals surface area contributed by atoms with Crippen LogP contribution in [-0.2, 0) is 7.05 Å². The maximum Gasteiger partial charge on any atom is 0.274 e. The molecule has 0 aliphatic heterocycles. The number of carbonyl (C=O) groups is 1. The van der Waals surface area contributed by atoms with Gasteiger partial charge in [0, 0.05) is 25.2 Å². The Hall–Kier alpha value is -2.15.